The SMILES string of the molecule is CC(O)COc1ccc(C(c2ccc(OCC(C)O)cc2)C(CO)Oc2ccc(Cc3ccc(OCCO)cc3)cc2)cc1. The van der Waals surface area contributed by atoms with Crippen LogP contribution in [0.2, 0.25) is 0 Å². The van der Waals surface area contributed by atoms with Gasteiger partial charge in [-0.2, -0.15) is 0 Å². The van der Waals surface area contributed by atoms with Crippen molar-refractivity contribution in [1.29, 1.82) is 0 Å². The summed E-state index contributed by atoms with van der Waals surface area (Å²) in [6, 6.07) is 30.8. The second kappa shape index (κ2) is 16.7. The minimum absolute atomic E-state index is 0.0217. The fraction of sp³-hybridized carbons (Fsp3) is 0.333. The second-order valence-electron chi connectivity index (χ2n) is 10.8. The van der Waals surface area contributed by atoms with Gasteiger partial charge in [0.25, 0.3) is 0 Å². The van der Waals surface area contributed by atoms with Gasteiger partial charge in [-0.05, 0) is 91.1 Å². The third-order valence-corrected chi connectivity index (χ3v) is 6.91. The highest BCUT2D eigenvalue weighted by atomic mass is 16.5. The van der Waals surface area contributed by atoms with Crippen molar-refractivity contribution in [3.8, 4) is 23.0 Å². The maximum Gasteiger partial charge on any atom is 0.132 e. The fourth-order valence-corrected chi connectivity index (χ4v) is 4.77. The summed E-state index contributed by atoms with van der Waals surface area (Å²) in [5.41, 5.74) is 4.09. The van der Waals surface area contributed by atoms with Gasteiger partial charge in [-0.1, -0.05) is 48.5 Å². The topological polar surface area (TPSA) is 118 Å². The third-order valence-electron chi connectivity index (χ3n) is 6.91. The molecule has 8 nitrogen and oxygen atoms in total. The molecule has 4 N–H and O–H groups in total. The number of rotatable bonds is 17. The van der Waals surface area contributed by atoms with Gasteiger partial charge in [0.2, 0.25) is 0 Å². The van der Waals surface area contributed by atoms with Crippen molar-refractivity contribution < 1.29 is 39.4 Å². The van der Waals surface area contributed by atoms with Crippen molar-refractivity contribution in [2.45, 2.75) is 44.5 Å². The van der Waals surface area contributed by atoms with Gasteiger partial charge in [0.05, 0.1) is 25.4 Å². The molecule has 4 rings (SSSR count). The monoisotopic (exact) mass is 602 g/mol. The van der Waals surface area contributed by atoms with Gasteiger partial charge in [-0.3, -0.25) is 0 Å². The molecule has 0 radical (unpaired) electrons. The minimum atomic E-state index is -0.597. The van der Waals surface area contributed by atoms with Crippen LogP contribution in [-0.4, -0.2) is 71.8 Å². The lowest BCUT2D eigenvalue weighted by atomic mass is 9.86. The molecule has 0 heterocycles. The van der Waals surface area contributed by atoms with E-state index in [4.69, 9.17) is 24.1 Å². The number of ether oxygens (including phenoxy) is 4. The summed E-state index contributed by atoms with van der Waals surface area (Å²) in [5, 5.41) is 38.6. The predicted molar refractivity (Wildman–Crippen MR) is 169 cm³/mol. The molecule has 0 amide bonds. The van der Waals surface area contributed by atoms with E-state index in [0.717, 1.165) is 34.4 Å². The van der Waals surface area contributed by atoms with Gasteiger partial charge in [-0.25, -0.2) is 0 Å². The Bertz CT molecular complexity index is 1310. The molecule has 44 heavy (non-hydrogen) atoms. The summed E-state index contributed by atoms with van der Waals surface area (Å²) in [6.07, 6.45) is -1.01. The molecule has 4 aromatic rings. The molecule has 0 spiro atoms. The Morgan fingerprint density at radius 2 is 0.955 bits per heavy atom. The van der Waals surface area contributed by atoms with Crippen LogP contribution >= 0.6 is 0 Å². The Labute approximate surface area is 259 Å². The van der Waals surface area contributed by atoms with Crippen molar-refractivity contribution in [3.05, 3.63) is 119 Å². The van der Waals surface area contributed by atoms with Crippen molar-refractivity contribution in [1.82, 2.24) is 0 Å². The van der Waals surface area contributed by atoms with Crippen molar-refractivity contribution in [3.63, 3.8) is 0 Å². The Balaban J connectivity index is 1.51. The molecule has 0 saturated carbocycles. The standard InChI is InChI=1S/C36H42O8/c1-25(39)23-42-32-15-7-29(8-16-32)36(30-9-17-33(18-10-30)43-24-26(2)40)35(22-38)44-34-13-5-28(6-14-34)21-27-3-11-31(12-4-27)41-20-19-37/h3-18,25-26,35-40H,19-24H2,1-2H3. The van der Waals surface area contributed by atoms with Gasteiger partial charge >= 0.3 is 0 Å². The van der Waals surface area contributed by atoms with Crippen LogP contribution in [0, 0.1) is 0 Å². The molecular weight excluding hydrogens is 560 g/mol. The molecule has 0 fully saturated rings. The molecule has 0 bridgehead atoms. The third kappa shape index (κ3) is 9.99. The molecular formula is C36H42O8. The highest BCUT2D eigenvalue weighted by Gasteiger charge is 2.27. The zero-order valence-corrected chi connectivity index (χ0v) is 25.2. The first kappa shape index (κ1) is 32.8. The van der Waals surface area contributed by atoms with Crippen LogP contribution in [0.5, 0.6) is 23.0 Å². The van der Waals surface area contributed by atoms with Crippen LogP contribution in [0.25, 0.3) is 0 Å². The first-order valence-corrected chi connectivity index (χ1v) is 14.8. The molecule has 0 aliphatic heterocycles. The van der Waals surface area contributed by atoms with E-state index in [2.05, 4.69) is 0 Å². The van der Waals surface area contributed by atoms with Crippen LogP contribution in [-0.2, 0) is 6.42 Å². The van der Waals surface area contributed by atoms with E-state index in [1.807, 2.05) is 97.1 Å². The molecule has 0 aliphatic carbocycles. The van der Waals surface area contributed by atoms with Crippen LogP contribution in [0.1, 0.15) is 42.0 Å². The average Bonchev–Trinajstić information content (AvgIpc) is 3.04. The van der Waals surface area contributed by atoms with Gasteiger partial charge in [0, 0.05) is 5.92 Å². The molecule has 234 valence electrons. The van der Waals surface area contributed by atoms with Crippen LogP contribution in [0.3, 0.4) is 0 Å². The molecule has 4 aromatic carbocycles. The maximum atomic E-state index is 10.6. The highest BCUT2D eigenvalue weighted by molar-refractivity contribution is 5.40. The molecule has 0 aromatic heterocycles. The van der Waals surface area contributed by atoms with Crippen LogP contribution in [0.4, 0.5) is 0 Å². The van der Waals surface area contributed by atoms with E-state index < -0.39 is 18.3 Å². The predicted octanol–water partition coefficient (Wildman–Crippen LogP) is 4.74. The average molecular weight is 603 g/mol. The lowest BCUT2D eigenvalue weighted by Gasteiger charge is -2.28. The summed E-state index contributed by atoms with van der Waals surface area (Å²) in [5.74, 6) is 2.32. The van der Waals surface area contributed by atoms with E-state index in [0.29, 0.717) is 17.2 Å². The van der Waals surface area contributed by atoms with Crippen molar-refractivity contribution >= 4 is 0 Å². The van der Waals surface area contributed by atoms with Crippen LogP contribution < -0.4 is 18.9 Å². The zero-order valence-electron chi connectivity index (χ0n) is 25.2. The minimum Gasteiger partial charge on any atom is -0.491 e. The number of hydrogen-bond donors (Lipinski definition) is 4. The second-order valence-corrected chi connectivity index (χ2v) is 10.8. The summed E-state index contributed by atoms with van der Waals surface area (Å²) < 4.78 is 23.1. The molecule has 0 aliphatic rings. The quantitative estimate of drug-likeness (QED) is 0.137. The summed E-state index contributed by atoms with van der Waals surface area (Å²) >= 11 is 0. The van der Waals surface area contributed by atoms with E-state index in [1.165, 1.54) is 0 Å². The van der Waals surface area contributed by atoms with E-state index in [-0.39, 0.29) is 39.0 Å². The van der Waals surface area contributed by atoms with Crippen molar-refractivity contribution in [2.24, 2.45) is 0 Å². The van der Waals surface area contributed by atoms with Gasteiger partial charge < -0.3 is 39.4 Å². The summed E-state index contributed by atoms with van der Waals surface area (Å²) in [4.78, 5) is 0. The van der Waals surface area contributed by atoms with E-state index >= 15 is 0 Å². The first-order valence-electron chi connectivity index (χ1n) is 14.8. The molecule has 8 heteroatoms. The Kier molecular flexibility index (Phi) is 12.4. The summed E-state index contributed by atoms with van der Waals surface area (Å²) in [6.45, 7) is 3.75. The van der Waals surface area contributed by atoms with E-state index in [9.17, 15) is 15.3 Å². The Hall–Kier alpha value is -4.08. The normalized spacial score (nSPS) is 13.9. The van der Waals surface area contributed by atoms with E-state index in [1.54, 1.807) is 13.8 Å². The van der Waals surface area contributed by atoms with Gasteiger partial charge in [0.1, 0.15) is 48.9 Å². The molecule has 0 saturated heterocycles. The van der Waals surface area contributed by atoms with Crippen molar-refractivity contribution in [2.75, 3.05) is 33.0 Å². The zero-order chi connectivity index (χ0) is 31.3. The Morgan fingerprint density at radius 1 is 0.545 bits per heavy atom. The largest absolute Gasteiger partial charge is 0.491 e. The number of benzene rings is 4. The summed E-state index contributed by atoms with van der Waals surface area (Å²) in [7, 11) is 0. The lowest BCUT2D eigenvalue weighted by Crippen LogP contribution is -2.30. The Morgan fingerprint density at radius 3 is 1.36 bits per heavy atom. The van der Waals surface area contributed by atoms with Gasteiger partial charge in [0.15, 0.2) is 0 Å². The number of aliphatic hydroxyl groups is 4. The van der Waals surface area contributed by atoms with Crippen LogP contribution in [0.15, 0.2) is 97.1 Å². The first-order chi connectivity index (χ1) is 21.3. The highest BCUT2D eigenvalue weighted by Crippen LogP contribution is 2.33. The smallest absolute Gasteiger partial charge is 0.132 e. The van der Waals surface area contributed by atoms with Gasteiger partial charge in [-0.15, -0.1) is 0 Å². The molecule has 3 unspecified atom stereocenters. The lowest BCUT2D eigenvalue weighted by molar-refractivity contribution is 0.102. The number of aliphatic hydroxyl groups excluding tert-OH is 4. The fourth-order valence-electron chi connectivity index (χ4n) is 4.77. The molecule has 3 atom stereocenters. The maximum absolute atomic E-state index is 10.6. The number of hydrogen-bond acceptors (Lipinski definition) is 8.